The number of benzene rings is 1. The number of phenols is 1. The molecule has 1 aromatic rings. The van der Waals surface area contributed by atoms with E-state index in [1.807, 2.05) is 6.92 Å². The molecule has 0 radical (unpaired) electrons. The van der Waals surface area contributed by atoms with Gasteiger partial charge in [0.1, 0.15) is 11.6 Å². The van der Waals surface area contributed by atoms with E-state index in [0.717, 1.165) is 12.5 Å². The Labute approximate surface area is 111 Å². The minimum Gasteiger partial charge on any atom is -0.508 e. The highest BCUT2D eigenvalue weighted by atomic mass is 19.1. The maximum absolute atomic E-state index is 13.7. The summed E-state index contributed by atoms with van der Waals surface area (Å²) in [5, 5.41) is 18.9. The van der Waals surface area contributed by atoms with Crippen LogP contribution in [0.15, 0.2) is 18.2 Å². The summed E-state index contributed by atoms with van der Waals surface area (Å²) in [5.41, 5.74) is -0.0379. The summed E-state index contributed by atoms with van der Waals surface area (Å²) in [6, 6.07) is 3.52. The van der Waals surface area contributed by atoms with Gasteiger partial charge in [-0.2, -0.15) is 0 Å². The molecule has 1 fully saturated rings. The number of amides is 1. The maximum atomic E-state index is 13.7. The summed E-state index contributed by atoms with van der Waals surface area (Å²) in [6.07, 6.45) is 0.908. The van der Waals surface area contributed by atoms with Crippen molar-refractivity contribution in [1.82, 2.24) is 4.90 Å². The molecule has 2 N–H and O–H groups in total. The molecule has 4 nitrogen and oxygen atoms in total. The number of nitrogens with zero attached hydrogens (tertiary/aromatic N) is 1. The Bertz CT molecular complexity index is 478. The number of aromatic hydroxyl groups is 1. The van der Waals surface area contributed by atoms with Crippen LogP contribution >= 0.6 is 0 Å². The van der Waals surface area contributed by atoms with Crippen LogP contribution in [0.4, 0.5) is 4.39 Å². The summed E-state index contributed by atoms with van der Waals surface area (Å²) in [4.78, 5) is 13.8. The fourth-order valence-corrected chi connectivity index (χ4v) is 2.45. The fraction of sp³-hybridized carbons (Fsp3) is 0.500. The summed E-state index contributed by atoms with van der Waals surface area (Å²) >= 11 is 0. The largest absolute Gasteiger partial charge is 0.508 e. The van der Waals surface area contributed by atoms with E-state index in [1.54, 1.807) is 4.90 Å². The zero-order valence-corrected chi connectivity index (χ0v) is 10.8. The van der Waals surface area contributed by atoms with Gasteiger partial charge >= 0.3 is 0 Å². The number of phenolic OH excluding ortho intramolecular Hbond substituents is 1. The number of halogens is 1. The molecule has 2 atom stereocenters. The predicted molar refractivity (Wildman–Crippen MR) is 68.4 cm³/mol. The smallest absolute Gasteiger partial charge is 0.256 e. The molecule has 0 aromatic heterocycles. The van der Waals surface area contributed by atoms with Gasteiger partial charge in [0.15, 0.2) is 0 Å². The number of hydrogen-bond acceptors (Lipinski definition) is 3. The Morgan fingerprint density at radius 3 is 2.89 bits per heavy atom. The third-order valence-corrected chi connectivity index (χ3v) is 3.69. The zero-order chi connectivity index (χ0) is 14.0. The first-order chi connectivity index (χ1) is 9.02. The third-order valence-electron chi connectivity index (χ3n) is 3.69. The highest BCUT2D eigenvalue weighted by molar-refractivity contribution is 5.94. The lowest BCUT2D eigenvalue weighted by Crippen LogP contribution is -2.46. The number of aliphatic hydroxyl groups excluding tert-OH is 1. The molecule has 1 aliphatic heterocycles. The highest BCUT2D eigenvalue weighted by Crippen LogP contribution is 2.23. The van der Waals surface area contributed by atoms with E-state index in [0.29, 0.717) is 19.5 Å². The lowest BCUT2D eigenvalue weighted by atomic mass is 9.92. The van der Waals surface area contributed by atoms with Crippen molar-refractivity contribution >= 4 is 5.91 Å². The van der Waals surface area contributed by atoms with Crippen molar-refractivity contribution in [3.05, 3.63) is 29.6 Å². The van der Waals surface area contributed by atoms with Crippen LogP contribution in [0.25, 0.3) is 0 Å². The van der Waals surface area contributed by atoms with Crippen LogP contribution in [0, 0.1) is 11.7 Å². The molecule has 1 saturated heterocycles. The highest BCUT2D eigenvalue weighted by Gasteiger charge is 2.30. The van der Waals surface area contributed by atoms with E-state index in [1.165, 1.54) is 12.1 Å². The summed E-state index contributed by atoms with van der Waals surface area (Å²) in [5.74, 6) is -1.26. The molecule has 104 valence electrons. The molecule has 1 amide bonds. The van der Waals surface area contributed by atoms with E-state index in [4.69, 9.17) is 5.11 Å². The molecule has 2 rings (SSSR count). The van der Waals surface area contributed by atoms with Gasteiger partial charge in [-0.1, -0.05) is 6.92 Å². The summed E-state index contributed by atoms with van der Waals surface area (Å²) < 4.78 is 13.7. The number of carbonyl (C=O) groups excluding carboxylic acids is 1. The number of likely N-dealkylation sites (tertiary alicyclic amines) is 1. The molecule has 1 aromatic carbocycles. The summed E-state index contributed by atoms with van der Waals surface area (Å²) in [6.45, 7) is 2.83. The van der Waals surface area contributed by atoms with Gasteiger partial charge in [0.25, 0.3) is 5.91 Å². The average Bonchev–Trinajstić information content (AvgIpc) is 2.38. The van der Waals surface area contributed by atoms with Gasteiger partial charge in [0, 0.05) is 25.1 Å². The molecular formula is C14H18FNO3. The van der Waals surface area contributed by atoms with Crippen molar-refractivity contribution in [2.45, 2.75) is 25.9 Å². The van der Waals surface area contributed by atoms with Crippen LogP contribution in [0.3, 0.4) is 0 Å². The second kappa shape index (κ2) is 5.57. The monoisotopic (exact) mass is 267 g/mol. The Hall–Kier alpha value is -1.62. The molecule has 1 heterocycles. The predicted octanol–water partition coefficient (Wildman–Crippen LogP) is 1.76. The molecule has 1 aliphatic rings. The first-order valence-electron chi connectivity index (χ1n) is 6.48. The fourth-order valence-electron chi connectivity index (χ4n) is 2.45. The van der Waals surface area contributed by atoms with Crippen LogP contribution in [-0.2, 0) is 0 Å². The standard InChI is InChI=1S/C14H18FNO3/c1-2-9-8-16(6-5-13(9)18)14(19)11-4-3-10(17)7-12(11)15/h3-4,7,9,13,17-18H,2,5-6,8H2,1H3. The van der Waals surface area contributed by atoms with Gasteiger partial charge in [-0.05, 0) is 25.0 Å². The van der Waals surface area contributed by atoms with Crippen LogP contribution in [0.5, 0.6) is 5.75 Å². The Kier molecular flexibility index (Phi) is 4.04. The van der Waals surface area contributed by atoms with E-state index in [2.05, 4.69) is 0 Å². The second-order valence-electron chi connectivity index (χ2n) is 4.94. The minimum absolute atomic E-state index is 0.0379. The first-order valence-corrected chi connectivity index (χ1v) is 6.48. The van der Waals surface area contributed by atoms with Gasteiger partial charge in [0.2, 0.25) is 0 Å². The topological polar surface area (TPSA) is 60.8 Å². The second-order valence-corrected chi connectivity index (χ2v) is 4.94. The lowest BCUT2D eigenvalue weighted by Gasteiger charge is -2.35. The Balaban J connectivity index is 2.15. The molecule has 0 spiro atoms. The van der Waals surface area contributed by atoms with Gasteiger partial charge < -0.3 is 15.1 Å². The molecule has 0 aliphatic carbocycles. The zero-order valence-electron chi connectivity index (χ0n) is 10.8. The molecule has 2 unspecified atom stereocenters. The third kappa shape index (κ3) is 2.87. The van der Waals surface area contributed by atoms with E-state index >= 15 is 0 Å². The van der Waals surface area contributed by atoms with E-state index in [9.17, 15) is 14.3 Å². The molecule has 19 heavy (non-hydrogen) atoms. The van der Waals surface area contributed by atoms with Crippen LogP contribution in [0.2, 0.25) is 0 Å². The molecular weight excluding hydrogens is 249 g/mol. The van der Waals surface area contributed by atoms with Crippen LogP contribution < -0.4 is 0 Å². The van der Waals surface area contributed by atoms with E-state index < -0.39 is 11.9 Å². The Morgan fingerprint density at radius 1 is 1.53 bits per heavy atom. The van der Waals surface area contributed by atoms with Crippen molar-refractivity contribution < 1.29 is 19.4 Å². The van der Waals surface area contributed by atoms with Crippen molar-refractivity contribution in [2.24, 2.45) is 5.92 Å². The lowest BCUT2D eigenvalue weighted by molar-refractivity contribution is 0.0226. The maximum Gasteiger partial charge on any atom is 0.256 e. The van der Waals surface area contributed by atoms with Gasteiger partial charge in [0.05, 0.1) is 11.7 Å². The quantitative estimate of drug-likeness (QED) is 0.858. The molecule has 5 heteroatoms. The van der Waals surface area contributed by atoms with Crippen molar-refractivity contribution in [3.63, 3.8) is 0 Å². The van der Waals surface area contributed by atoms with Crippen molar-refractivity contribution in [1.29, 1.82) is 0 Å². The Morgan fingerprint density at radius 2 is 2.26 bits per heavy atom. The van der Waals surface area contributed by atoms with Crippen molar-refractivity contribution in [2.75, 3.05) is 13.1 Å². The summed E-state index contributed by atoms with van der Waals surface area (Å²) in [7, 11) is 0. The normalized spacial score (nSPS) is 23.4. The van der Waals surface area contributed by atoms with Crippen LogP contribution in [-0.4, -0.2) is 40.2 Å². The average molecular weight is 267 g/mol. The number of hydrogen-bond donors (Lipinski definition) is 2. The van der Waals surface area contributed by atoms with Crippen LogP contribution in [0.1, 0.15) is 30.1 Å². The van der Waals surface area contributed by atoms with Gasteiger partial charge in [-0.25, -0.2) is 4.39 Å². The SMILES string of the molecule is CCC1CN(C(=O)c2ccc(O)cc2F)CCC1O. The van der Waals surface area contributed by atoms with E-state index in [-0.39, 0.29) is 23.1 Å². The number of piperidine rings is 1. The van der Waals surface area contributed by atoms with Gasteiger partial charge in [-0.3, -0.25) is 4.79 Å². The molecule has 0 bridgehead atoms. The van der Waals surface area contributed by atoms with Gasteiger partial charge in [-0.15, -0.1) is 0 Å². The first kappa shape index (κ1) is 13.8. The number of aliphatic hydroxyl groups is 1. The molecule has 0 saturated carbocycles. The van der Waals surface area contributed by atoms with Crippen molar-refractivity contribution in [3.8, 4) is 5.75 Å². The minimum atomic E-state index is -0.718. The number of rotatable bonds is 2. The number of carbonyl (C=O) groups is 1.